The van der Waals surface area contributed by atoms with Crippen molar-refractivity contribution in [3.63, 3.8) is 0 Å². The molecule has 5 heteroatoms. The van der Waals surface area contributed by atoms with Crippen LogP contribution in [0, 0.1) is 13.8 Å². The number of carbonyl (C=O) groups is 1. The van der Waals surface area contributed by atoms with Crippen molar-refractivity contribution >= 4 is 21.4 Å². The number of sulfone groups is 1. The Hall–Kier alpha value is -2.14. The van der Waals surface area contributed by atoms with Gasteiger partial charge in [0.1, 0.15) is 0 Å². The van der Waals surface area contributed by atoms with E-state index in [-0.39, 0.29) is 23.8 Å². The summed E-state index contributed by atoms with van der Waals surface area (Å²) >= 11 is 0. The molecule has 0 spiro atoms. The molecule has 0 aliphatic rings. The van der Waals surface area contributed by atoms with Crippen LogP contribution in [-0.2, 0) is 20.4 Å². The summed E-state index contributed by atoms with van der Waals surface area (Å²) in [6.07, 6.45) is -0.0391. The number of hydrogen-bond acceptors (Lipinski definition) is 3. The standard InChI is InChI=1S/C18H21NO3S/c1-14-7-6-10-17(15(14)2)19-18(20)11-12-23(21,22)13-16-8-4-3-5-9-16/h3-10H,11-13H2,1-2H3,(H,19,20). The van der Waals surface area contributed by atoms with Crippen molar-refractivity contribution in [2.45, 2.75) is 26.0 Å². The molecule has 0 saturated carbocycles. The van der Waals surface area contributed by atoms with Crippen molar-refractivity contribution < 1.29 is 13.2 Å². The maximum absolute atomic E-state index is 12.1. The van der Waals surface area contributed by atoms with E-state index in [1.807, 2.05) is 38.1 Å². The van der Waals surface area contributed by atoms with E-state index in [9.17, 15) is 13.2 Å². The minimum atomic E-state index is -3.30. The highest BCUT2D eigenvalue weighted by molar-refractivity contribution is 7.90. The number of aryl methyl sites for hydroxylation is 1. The number of carbonyl (C=O) groups excluding carboxylic acids is 1. The van der Waals surface area contributed by atoms with Gasteiger partial charge in [0.05, 0.1) is 11.5 Å². The summed E-state index contributed by atoms with van der Waals surface area (Å²) in [7, 11) is -3.30. The number of nitrogens with one attached hydrogen (secondary N) is 1. The lowest BCUT2D eigenvalue weighted by atomic mass is 10.1. The minimum absolute atomic E-state index is 0.0371. The fourth-order valence-electron chi connectivity index (χ4n) is 2.25. The Bertz CT molecular complexity index is 783. The molecule has 0 saturated heterocycles. The van der Waals surface area contributed by atoms with Crippen LogP contribution in [0.3, 0.4) is 0 Å². The molecule has 122 valence electrons. The van der Waals surface area contributed by atoms with E-state index >= 15 is 0 Å². The van der Waals surface area contributed by atoms with Crippen molar-refractivity contribution in [3.8, 4) is 0 Å². The van der Waals surface area contributed by atoms with Crippen molar-refractivity contribution in [2.75, 3.05) is 11.1 Å². The van der Waals surface area contributed by atoms with Gasteiger partial charge in [-0.05, 0) is 36.6 Å². The van der Waals surface area contributed by atoms with E-state index in [1.165, 1.54) is 0 Å². The lowest BCUT2D eigenvalue weighted by molar-refractivity contribution is -0.115. The van der Waals surface area contributed by atoms with E-state index in [2.05, 4.69) is 5.32 Å². The van der Waals surface area contributed by atoms with Crippen LogP contribution < -0.4 is 5.32 Å². The van der Waals surface area contributed by atoms with Crippen molar-refractivity contribution in [3.05, 3.63) is 65.2 Å². The molecule has 0 fully saturated rings. The Morgan fingerprint density at radius 3 is 2.39 bits per heavy atom. The first kappa shape index (κ1) is 17.2. The van der Waals surface area contributed by atoms with Gasteiger partial charge in [0.25, 0.3) is 0 Å². The Labute approximate surface area is 137 Å². The van der Waals surface area contributed by atoms with Crippen molar-refractivity contribution in [1.29, 1.82) is 0 Å². The number of rotatable bonds is 6. The van der Waals surface area contributed by atoms with E-state index < -0.39 is 9.84 Å². The fourth-order valence-corrected chi connectivity index (χ4v) is 3.59. The van der Waals surface area contributed by atoms with Crippen LogP contribution in [0.4, 0.5) is 5.69 Å². The molecule has 0 radical (unpaired) electrons. The maximum atomic E-state index is 12.1. The lowest BCUT2D eigenvalue weighted by Gasteiger charge is -2.10. The molecule has 2 rings (SSSR count). The molecule has 23 heavy (non-hydrogen) atoms. The van der Waals surface area contributed by atoms with Crippen LogP contribution in [0.2, 0.25) is 0 Å². The highest BCUT2D eigenvalue weighted by atomic mass is 32.2. The average Bonchev–Trinajstić information content (AvgIpc) is 2.51. The second-order valence-corrected chi connectivity index (χ2v) is 7.81. The van der Waals surface area contributed by atoms with Gasteiger partial charge in [-0.2, -0.15) is 0 Å². The van der Waals surface area contributed by atoms with Gasteiger partial charge in [-0.15, -0.1) is 0 Å². The Morgan fingerprint density at radius 1 is 1.00 bits per heavy atom. The molecule has 0 bridgehead atoms. The zero-order valence-corrected chi connectivity index (χ0v) is 14.2. The predicted molar refractivity (Wildman–Crippen MR) is 93.1 cm³/mol. The zero-order chi connectivity index (χ0) is 16.9. The summed E-state index contributed by atoms with van der Waals surface area (Å²) in [5, 5.41) is 2.78. The average molecular weight is 331 g/mol. The minimum Gasteiger partial charge on any atom is -0.326 e. The highest BCUT2D eigenvalue weighted by Crippen LogP contribution is 2.18. The third-order valence-electron chi connectivity index (χ3n) is 3.75. The van der Waals surface area contributed by atoms with Crippen LogP contribution in [0.5, 0.6) is 0 Å². The van der Waals surface area contributed by atoms with Gasteiger partial charge >= 0.3 is 0 Å². The molecule has 1 N–H and O–H groups in total. The molecular formula is C18H21NO3S. The summed E-state index contributed by atoms with van der Waals surface area (Å²) < 4.78 is 24.2. The third-order valence-corrected chi connectivity index (χ3v) is 5.35. The SMILES string of the molecule is Cc1cccc(NC(=O)CCS(=O)(=O)Cc2ccccc2)c1C. The molecule has 2 aromatic carbocycles. The van der Waals surface area contributed by atoms with Gasteiger partial charge in [-0.3, -0.25) is 4.79 Å². The first-order valence-corrected chi connectivity index (χ1v) is 9.30. The molecule has 1 amide bonds. The topological polar surface area (TPSA) is 63.2 Å². The quantitative estimate of drug-likeness (QED) is 0.884. The van der Waals surface area contributed by atoms with Gasteiger partial charge in [0.15, 0.2) is 9.84 Å². The zero-order valence-electron chi connectivity index (χ0n) is 13.4. The number of benzene rings is 2. The lowest BCUT2D eigenvalue weighted by Crippen LogP contribution is -2.18. The molecule has 0 heterocycles. The molecule has 0 atom stereocenters. The predicted octanol–water partition coefficient (Wildman–Crippen LogP) is 3.25. The monoisotopic (exact) mass is 331 g/mol. The van der Waals surface area contributed by atoms with E-state index in [4.69, 9.17) is 0 Å². The van der Waals surface area contributed by atoms with Gasteiger partial charge in [-0.1, -0.05) is 42.5 Å². The van der Waals surface area contributed by atoms with Crippen LogP contribution in [0.25, 0.3) is 0 Å². The number of amides is 1. The molecule has 0 aliphatic carbocycles. The number of hydrogen-bond donors (Lipinski definition) is 1. The summed E-state index contributed by atoms with van der Waals surface area (Å²) in [5.41, 5.74) is 3.55. The highest BCUT2D eigenvalue weighted by Gasteiger charge is 2.15. The van der Waals surface area contributed by atoms with E-state index in [1.54, 1.807) is 24.3 Å². The fraction of sp³-hybridized carbons (Fsp3) is 0.278. The molecule has 2 aromatic rings. The normalized spacial score (nSPS) is 11.2. The van der Waals surface area contributed by atoms with Crippen LogP contribution in [0.1, 0.15) is 23.1 Å². The van der Waals surface area contributed by atoms with Crippen LogP contribution in [-0.4, -0.2) is 20.1 Å². The van der Waals surface area contributed by atoms with Gasteiger partial charge in [-0.25, -0.2) is 8.42 Å². The summed E-state index contributed by atoms with van der Waals surface area (Å²) in [6, 6.07) is 14.6. The largest absolute Gasteiger partial charge is 0.326 e. The summed E-state index contributed by atoms with van der Waals surface area (Å²) in [6.45, 7) is 3.90. The Balaban J connectivity index is 1.92. The Morgan fingerprint density at radius 2 is 1.70 bits per heavy atom. The first-order chi connectivity index (χ1) is 10.9. The summed E-state index contributed by atoms with van der Waals surface area (Å²) in [4.78, 5) is 12.0. The summed E-state index contributed by atoms with van der Waals surface area (Å²) in [5.74, 6) is -0.473. The van der Waals surface area contributed by atoms with E-state index in [0.29, 0.717) is 0 Å². The van der Waals surface area contributed by atoms with Crippen molar-refractivity contribution in [2.24, 2.45) is 0 Å². The molecule has 0 aliphatic heterocycles. The molecular weight excluding hydrogens is 310 g/mol. The second kappa shape index (κ2) is 7.42. The molecule has 0 unspecified atom stereocenters. The van der Waals surface area contributed by atoms with Crippen LogP contribution in [0.15, 0.2) is 48.5 Å². The third kappa shape index (κ3) is 5.21. The number of anilines is 1. The smallest absolute Gasteiger partial charge is 0.225 e. The van der Waals surface area contributed by atoms with Gasteiger partial charge < -0.3 is 5.32 Å². The second-order valence-electron chi connectivity index (χ2n) is 5.62. The maximum Gasteiger partial charge on any atom is 0.225 e. The van der Waals surface area contributed by atoms with E-state index in [0.717, 1.165) is 22.4 Å². The first-order valence-electron chi connectivity index (χ1n) is 7.48. The van der Waals surface area contributed by atoms with Crippen LogP contribution >= 0.6 is 0 Å². The molecule has 4 nitrogen and oxygen atoms in total. The van der Waals surface area contributed by atoms with Gasteiger partial charge in [0.2, 0.25) is 5.91 Å². The van der Waals surface area contributed by atoms with Crippen molar-refractivity contribution in [1.82, 2.24) is 0 Å². The van der Waals surface area contributed by atoms with Gasteiger partial charge in [0, 0.05) is 12.1 Å². The molecule has 0 aromatic heterocycles. The Kier molecular flexibility index (Phi) is 5.55.